The summed E-state index contributed by atoms with van der Waals surface area (Å²) in [6.07, 6.45) is -1.11. The smallest absolute Gasteiger partial charge is 0.355 e. The van der Waals surface area contributed by atoms with E-state index in [0.29, 0.717) is 17.6 Å². The highest BCUT2D eigenvalue weighted by Gasteiger charge is 2.34. The molecule has 11 heteroatoms. The second kappa shape index (κ2) is 8.17. The van der Waals surface area contributed by atoms with Crippen molar-refractivity contribution in [1.29, 1.82) is 0 Å². The van der Waals surface area contributed by atoms with Gasteiger partial charge in [0.2, 0.25) is 5.91 Å². The SMILES string of the molecule is CNC(=O)c1ccncc1Nc1cc(Nc2ccc3c(c2)CC(=O)N3)ncc1C(F)(F)F. The lowest BCUT2D eigenvalue weighted by Gasteiger charge is -2.17. The van der Waals surface area contributed by atoms with Crippen molar-refractivity contribution in [3.63, 3.8) is 0 Å². The summed E-state index contributed by atoms with van der Waals surface area (Å²) in [6, 6.07) is 7.71. The molecule has 32 heavy (non-hydrogen) atoms. The summed E-state index contributed by atoms with van der Waals surface area (Å²) in [5, 5.41) is 10.8. The van der Waals surface area contributed by atoms with Crippen LogP contribution in [0.5, 0.6) is 0 Å². The van der Waals surface area contributed by atoms with Gasteiger partial charge >= 0.3 is 6.18 Å². The number of hydrogen-bond acceptors (Lipinski definition) is 6. The molecule has 0 unspecified atom stereocenters. The van der Waals surface area contributed by atoms with Crippen molar-refractivity contribution in [3.8, 4) is 0 Å². The summed E-state index contributed by atoms with van der Waals surface area (Å²) in [4.78, 5) is 31.4. The number of halogens is 3. The molecule has 4 rings (SSSR count). The second-order valence-electron chi connectivity index (χ2n) is 6.96. The Morgan fingerprint density at radius 3 is 2.66 bits per heavy atom. The van der Waals surface area contributed by atoms with Crippen molar-refractivity contribution in [1.82, 2.24) is 15.3 Å². The Bertz CT molecular complexity index is 1210. The highest BCUT2D eigenvalue weighted by molar-refractivity contribution is 6.00. The van der Waals surface area contributed by atoms with Crippen LogP contribution in [0.1, 0.15) is 21.5 Å². The van der Waals surface area contributed by atoms with E-state index in [1.807, 2.05) is 0 Å². The van der Waals surface area contributed by atoms with Crippen LogP contribution in [0.4, 0.5) is 41.7 Å². The first-order valence-electron chi connectivity index (χ1n) is 9.45. The second-order valence-corrected chi connectivity index (χ2v) is 6.96. The van der Waals surface area contributed by atoms with Crippen LogP contribution in [0.25, 0.3) is 0 Å². The molecule has 1 aromatic carbocycles. The van der Waals surface area contributed by atoms with Crippen molar-refractivity contribution >= 4 is 40.4 Å². The number of pyridine rings is 2. The summed E-state index contributed by atoms with van der Waals surface area (Å²) in [7, 11) is 1.42. The van der Waals surface area contributed by atoms with E-state index in [9.17, 15) is 22.8 Å². The molecule has 1 aliphatic rings. The van der Waals surface area contributed by atoms with E-state index >= 15 is 0 Å². The minimum atomic E-state index is -4.68. The normalized spacial score (nSPS) is 12.7. The molecule has 8 nitrogen and oxygen atoms in total. The molecule has 0 aliphatic carbocycles. The predicted molar refractivity (Wildman–Crippen MR) is 112 cm³/mol. The molecule has 0 spiro atoms. The third kappa shape index (κ3) is 4.31. The summed E-state index contributed by atoms with van der Waals surface area (Å²) >= 11 is 0. The number of rotatable bonds is 5. The van der Waals surface area contributed by atoms with Crippen LogP contribution in [0.2, 0.25) is 0 Å². The minimum Gasteiger partial charge on any atom is -0.355 e. The van der Waals surface area contributed by atoms with Crippen LogP contribution in [0, 0.1) is 0 Å². The Kier molecular flexibility index (Phi) is 5.39. The molecule has 0 saturated carbocycles. The van der Waals surface area contributed by atoms with Gasteiger partial charge in [-0.3, -0.25) is 14.6 Å². The number of alkyl halides is 3. The van der Waals surface area contributed by atoms with E-state index in [2.05, 4.69) is 31.2 Å². The van der Waals surface area contributed by atoms with Gasteiger partial charge < -0.3 is 21.3 Å². The highest BCUT2D eigenvalue weighted by atomic mass is 19.4. The van der Waals surface area contributed by atoms with E-state index in [-0.39, 0.29) is 35.1 Å². The van der Waals surface area contributed by atoms with Gasteiger partial charge in [-0.2, -0.15) is 13.2 Å². The highest BCUT2D eigenvalue weighted by Crippen LogP contribution is 2.37. The van der Waals surface area contributed by atoms with Gasteiger partial charge in [-0.15, -0.1) is 0 Å². The Labute approximate surface area is 180 Å². The quantitative estimate of drug-likeness (QED) is 0.478. The fraction of sp³-hybridized carbons (Fsp3) is 0.143. The molecule has 2 amide bonds. The van der Waals surface area contributed by atoms with Crippen LogP contribution in [-0.4, -0.2) is 28.8 Å². The van der Waals surface area contributed by atoms with Crippen molar-refractivity contribution in [2.45, 2.75) is 12.6 Å². The van der Waals surface area contributed by atoms with E-state index in [1.165, 1.54) is 31.6 Å². The number of hydrogen-bond donors (Lipinski definition) is 4. The predicted octanol–water partition coefficient (Wildman–Crippen LogP) is 3.84. The average Bonchev–Trinajstić information content (AvgIpc) is 3.12. The summed E-state index contributed by atoms with van der Waals surface area (Å²) < 4.78 is 40.8. The van der Waals surface area contributed by atoms with Crippen molar-refractivity contribution in [2.75, 3.05) is 23.0 Å². The lowest BCUT2D eigenvalue weighted by atomic mass is 10.1. The number of aromatic nitrogens is 2. The van der Waals surface area contributed by atoms with Gasteiger partial charge in [0.05, 0.1) is 35.1 Å². The zero-order chi connectivity index (χ0) is 22.9. The van der Waals surface area contributed by atoms with Gasteiger partial charge in [0.25, 0.3) is 5.91 Å². The maximum atomic E-state index is 13.6. The summed E-state index contributed by atoms with van der Waals surface area (Å²) in [5.41, 5.74) is 0.974. The summed E-state index contributed by atoms with van der Waals surface area (Å²) in [5.74, 6) is -0.458. The molecule has 0 radical (unpaired) electrons. The number of nitrogens with one attached hydrogen (secondary N) is 4. The Morgan fingerprint density at radius 2 is 1.91 bits per heavy atom. The largest absolute Gasteiger partial charge is 0.419 e. The topological polar surface area (TPSA) is 108 Å². The van der Waals surface area contributed by atoms with Gasteiger partial charge in [-0.25, -0.2) is 4.98 Å². The first-order chi connectivity index (χ1) is 15.2. The molecule has 2 aromatic heterocycles. The van der Waals surface area contributed by atoms with Crippen molar-refractivity contribution in [3.05, 3.63) is 65.6 Å². The van der Waals surface area contributed by atoms with Crippen LogP contribution in [0.3, 0.4) is 0 Å². The van der Waals surface area contributed by atoms with Gasteiger partial charge in [0, 0.05) is 36.9 Å². The molecule has 3 aromatic rings. The van der Waals surface area contributed by atoms with Crippen LogP contribution in [-0.2, 0) is 17.4 Å². The Morgan fingerprint density at radius 1 is 1.09 bits per heavy atom. The van der Waals surface area contributed by atoms with Crippen molar-refractivity contribution in [2.24, 2.45) is 0 Å². The Balaban J connectivity index is 1.68. The molecule has 0 bridgehead atoms. The zero-order valence-electron chi connectivity index (χ0n) is 16.7. The lowest BCUT2D eigenvalue weighted by molar-refractivity contribution is -0.137. The first kappa shape index (κ1) is 21.1. The number of amides is 2. The number of fused-ring (bicyclic) bond motifs is 1. The lowest BCUT2D eigenvalue weighted by Crippen LogP contribution is -2.19. The maximum Gasteiger partial charge on any atom is 0.419 e. The third-order valence-corrected chi connectivity index (χ3v) is 4.77. The van der Waals surface area contributed by atoms with E-state index in [0.717, 1.165) is 5.56 Å². The van der Waals surface area contributed by atoms with E-state index in [4.69, 9.17) is 0 Å². The zero-order valence-corrected chi connectivity index (χ0v) is 16.7. The van der Waals surface area contributed by atoms with Crippen LogP contribution in [0.15, 0.2) is 48.9 Å². The third-order valence-electron chi connectivity index (χ3n) is 4.77. The molecule has 3 heterocycles. The van der Waals surface area contributed by atoms with Gasteiger partial charge in [-0.1, -0.05) is 0 Å². The van der Waals surface area contributed by atoms with Crippen LogP contribution < -0.4 is 21.3 Å². The minimum absolute atomic E-state index is 0.108. The molecule has 1 aliphatic heterocycles. The molecule has 0 saturated heterocycles. The number of nitrogens with zero attached hydrogens (tertiary/aromatic N) is 2. The average molecular weight is 442 g/mol. The molecule has 4 N–H and O–H groups in total. The monoisotopic (exact) mass is 442 g/mol. The van der Waals surface area contributed by atoms with E-state index < -0.39 is 17.6 Å². The number of carbonyl (C=O) groups excluding carboxylic acids is 2. The standard InChI is InChI=1S/C21H17F3N6O2/c1-25-20(32)13-4-5-26-10-17(13)29-16-8-18(27-9-14(16)21(22,23)24)28-12-2-3-15-11(6-12)7-19(31)30-15/h2-6,8-10H,7H2,1H3,(H,25,32)(H,30,31)(H2,27,28,29). The molecule has 164 valence electrons. The van der Waals surface area contributed by atoms with Gasteiger partial charge in [0.1, 0.15) is 5.82 Å². The molecular formula is C21H17F3N6O2. The van der Waals surface area contributed by atoms with Crippen LogP contribution >= 0.6 is 0 Å². The maximum absolute atomic E-state index is 13.6. The number of anilines is 5. The fourth-order valence-corrected chi connectivity index (χ4v) is 3.28. The Hall–Kier alpha value is -4.15. The van der Waals surface area contributed by atoms with Gasteiger partial charge in [-0.05, 0) is 29.8 Å². The molecule has 0 fully saturated rings. The number of carbonyl (C=O) groups is 2. The first-order valence-corrected chi connectivity index (χ1v) is 9.45. The summed E-state index contributed by atoms with van der Waals surface area (Å²) in [6.45, 7) is 0. The number of benzene rings is 1. The van der Waals surface area contributed by atoms with E-state index in [1.54, 1.807) is 18.2 Å². The van der Waals surface area contributed by atoms with Gasteiger partial charge in [0.15, 0.2) is 0 Å². The fourth-order valence-electron chi connectivity index (χ4n) is 3.28. The van der Waals surface area contributed by atoms with Crippen molar-refractivity contribution < 1.29 is 22.8 Å². The molecular weight excluding hydrogens is 425 g/mol. The molecule has 0 atom stereocenters.